The van der Waals surface area contributed by atoms with E-state index in [0.29, 0.717) is 0 Å². The number of Topliss-reactive ketones (excluding diaryl/α,β-unsaturated/α-hetero) is 1. The molecule has 0 aliphatic carbocycles. The average molecular weight is 197 g/mol. The molecule has 0 bridgehead atoms. The van der Waals surface area contributed by atoms with Crippen LogP contribution in [0.3, 0.4) is 0 Å². The minimum atomic E-state index is -0.154. The molecule has 1 heterocycles. The number of rotatable bonds is 1. The Labute approximate surface area is 83.2 Å². The molecule has 1 fully saturated rings. The third kappa shape index (κ3) is 1.95. The highest BCUT2D eigenvalue weighted by Crippen LogP contribution is 2.20. The molecule has 1 amide bonds. The summed E-state index contributed by atoms with van der Waals surface area (Å²) < 4.78 is 0. The van der Waals surface area contributed by atoms with Crippen LogP contribution in [0.1, 0.15) is 20.3 Å². The molecule has 14 heavy (non-hydrogen) atoms. The van der Waals surface area contributed by atoms with Crippen LogP contribution in [0.15, 0.2) is 11.3 Å². The minimum Gasteiger partial charge on any atom is -0.512 e. The number of likely N-dealkylation sites (tertiary alicyclic amines) is 1. The van der Waals surface area contributed by atoms with Crippen molar-refractivity contribution in [1.29, 1.82) is 0 Å². The highest BCUT2D eigenvalue weighted by Gasteiger charge is 2.28. The standard InChI is InChI=1S/C10H15NO3/c1-6(2)10(14)7-4-9(13)11(3)5-8(7)12/h6,14H,4-5H2,1-3H3. The molecule has 0 atom stereocenters. The van der Waals surface area contributed by atoms with Gasteiger partial charge in [0.1, 0.15) is 5.76 Å². The third-order valence-electron chi connectivity index (χ3n) is 2.33. The van der Waals surface area contributed by atoms with Crippen molar-refractivity contribution in [3.05, 3.63) is 11.3 Å². The monoisotopic (exact) mass is 197 g/mol. The summed E-state index contributed by atoms with van der Waals surface area (Å²) in [5.41, 5.74) is 0.281. The molecule has 0 aromatic heterocycles. The molecule has 0 unspecified atom stereocenters. The van der Waals surface area contributed by atoms with Crippen LogP contribution in [-0.4, -0.2) is 35.3 Å². The van der Waals surface area contributed by atoms with Crippen LogP contribution in [0.25, 0.3) is 0 Å². The molecular weight excluding hydrogens is 182 g/mol. The van der Waals surface area contributed by atoms with E-state index in [1.165, 1.54) is 4.90 Å². The number of hydrogen-bond acceptors (Lipinski definition) is 3. The molecule has 4 heteroatoms. The van der Waals surface area contributed by atoms with Crippen molar-refractivity contribution in [3.8, 4) is 0 Å². The molecule has 0 aromatic rings. The second-order valence-electron chi connectivity index (χ2n) is 3.87. The van der Waals surface area contributed by atoms with Crippen molar-refractivity contribution >= 4 is 11.7 Å². The van der Waals surface area contributed by atoms with Gasteiger partial charge in [-0.05, 0) is 0 Å². The second-order valence-corrected chi connectivity index (χ2v) is 3.87. The fourth-order valence-corrected chi connectivity index (χ4v) is 1.37. The maximum Gasteiger partial charge on any atom is 0.227 e. The number of ketones is 1. The lowest BCUT2D eigenvalue weighted by atomic mass is 9.96. The summed E-state index contributed by atoms with van der Waals surface area (Å²) in [6.45, 7) is 3.65. The first-order chi connectivity index (χ1) is 6.43. The van der Waals surface area contributed by atoms with Gasteiger partial charge >= 0.3 is 0 Å². The van der Waals surface area contributed by atoms with Gasteiger partial charge in [0, 0.05) is 18.5 Å². The molecule has 1 rings (SSSR count). The molecule has 0 aromatic carbocycles. The number of hydrogen-bond donors (Lipinski definition) is 1. The summed E-state index contributed by atoms with van der Waals surface area (Å²) in [7, 11) is 1.59. The number of carbonyl (C=O) groups is 2. The number of piperidine rings is 1. The van der Waals surface area contributed by atoms with E-state index in [1.54, 1.807) is 20.9 Å². The SMILES string of the molecule is CC(C)C(O)=C1CC(=O)N(C)CC1=O. The van der Waals surface area contributed by atoms with Crippen LogP contribution in [0.4, 0.5) is 0 Å². The first-order valence-corrected chi connectivity index (χ1v) is 4.62. The van der Waals surface area contributed by atoms with Crippen molar-refractivity contribution in [2.24, 2.45) is 5.92 Å². The van der Waals surface area contributed by atoms with Crippen LogP contribution in [0.5, 0.6) is 0 Å². The van der Waals surface area contributed by atoms with Crippen LogP contribution in [0, 0.1) is 5.92 Å². The Morgan fingerprint density at radius 3 is 2.50 bits per heavy atom. The second kappa shape index (κ2) is 3.82. The Kier molecular flexibility index (Phi) is 2.93. The van der Waals surface area contributed by atoms with Crippen LogP contribution < -0.4 is 0 Å². The largest absolute Gasteiger partial charge is 0.512 e. The van der Waals surface area contributed by atoms with Crippen molar-refractivity contribution in [3.63, 3.8) is 0 Å². The summed E-state index contributed by atoms with van der Waals surface area (Å²) in [6.07, 6.45) is 0.0271. The van der Waals surface area contributed by atoms with E-state index in [2.05, 4.69) is 0 Å². The lowest BCUT2D eigenvalue weighted by Gasteiger charge is -2.24. The zero-order chi connectivity index (χ0) is 10.9. The number of carbonyl (C=O) groups excluding carboxylic acids is 2. The van der Waals surface area contributed by atoms with Gasteiger partial charge in [0.15, 0.2) is 5.78 Å². The van der Waals surface area contributed by atoms with Gasteiger partial charge in [-0.1, -0.05) is 13.8 Å². The zero-order valence-electron chi connectivity index (χ0n) is 8.70. The first-order valence-electron chi connectivity index (χ1n) is 4.62. The van der Waals surface area contributed by atoms with Crippen molar-refractivity contribution in [2.45, 2.75) is 20.3 Å². The Balaban J connectivity index is 2.96. The third-order valence-corrected chi connectivity index (χ3v) is 2.33. The Morgan fingerprint density at radius 1 is 1.43 bits per heavy atom. The number of likely N-dealkylation sites (N-methyl/N-ethyl adjacent to an activating group) is 1. The van der Waals surface area contributed by atoms with Gasteiger partial charge in [0.2, 0.25) is 5.91 Å². The fraction of sp³-hybridized carbons (Fsp3) is 0.600. The van der Waals surface area contributed by atoms with Gasteiger partial charge in [-0.15, -0.1) is 0 Å². The van der Waals surface area contributed by atoms with E-state index in [0.717, 1.165) is 0 Å². The first kappa shape index (κ1) is 10.8. The zero-order valence-corrected chi connectivity index (χ0v) is 8.70. The van der Waals surface area contributed by atoms with Crippen molar-refractivity contribution < 1.29 is 14.7 Å². The van der Waals surface area contributed by atoms with E-state index in [1.807, 2.05) is 0 Å². The number of aliphatic hydroxyl groups is 1. The van der Waals surface area contributed by atoms with Crippen LogP contribution >= 0.6 is 0 Å². The van der Waals surface area contributed by atoms with Gasteiger partial charge < -0.3 is 10.0 Å². The highest BCUT2D eigenvalue weighted by molar-refractivity contribution is 6.06. The molecule has 0 saturated carbocycles. The van der Waals surface area contributed by atoms with Gasteiger partial charge in [-0.2, -0.15) is 0 Å². The van der Waals surface area contributed by atoms with Gasteiger partial charge in [0.05, 0.1) is 13.0 Å². The molecule has 4 nitrogen and oxygen atoms in total. The Bertz CT molecular complexity index is 304. The quantitative estimate of drug-likeness (QED) is 0.501. The minimum absolute atomic E-state index is 0.0271. The van der Waals surface area contributed by atoms with Crippen LogP contribution in [0.2, 0.25) is 0 Å². The predicted molar refractivity (Wildman–Crippen MR) is 51.8 cm³/mol. The molecule has 78 valence electrons. The molecule has 0 spiro atoms. The predicted octanol–water partition coefficient (Wildman–Crippen LogP) is 0.886. The molecule has 0 radical (unpaired) electrons. The Hall–Kier alpha value is -1.32. The fourth-order valence-electron chi connectivity index (χ4n) is 1.37. The highest BCUT2D eigenvalue weighted by atomic mass is 16.3. The lowest BCUT2D eigenvalue weighted by Crippen LogP contribution is -2.39. The summed E-state index contributed by atoms with van der Waals surface area (Å²) in [5.74, 6) is -0.327. The molecule has 1 N–H and O–H groups in total. The lowest BCUT2D eigenvalue weighted by molar-refractivity contribution is -0.135. The number of amides is 1. The number of nitrogens with zero attached hydrogens (tertiary/aromatic N) is 1. The van der Waals surface area contributed by atoms with Crippen molar-refractivity contribution in [2.75, 3.05) is 13.6 Å². The Morgan fingerprint density at radius 2 is 2.00 bits per heavy atom. The molecule has 1 aliphatic heterocycles. The summed E-state index contributed by atoms with van der Waals surface area (Å²) in [5, 5.41) is 9.61. The van der Waals surface area contributed by atoms with E-state index in [9.17, 15) is 14.7 Å². The van der Waals surface area contributed by atoms with E-state index in [-0.39, 0.29) is 41.9 Å². The van der Waals surface area contributed by atoms with Gasteiger partial charge in [-0.3, -0.25) is 9.59 Å². The molecule has 1 aliphatic rings. The van der Waals surface area contributed by atoms with Gasteiger partial charge in [0.25, 0.3) is 0 Å². The van der Waals surface area contributed by atoms with Crippen molar-refractivity contribution in [1.82, 2.24) is 4.90 Å². The van der Waals surface area contributed by atoms with Crippen LogP contribution in [-0.2, 0) is 9.59 Å². The summed E-state index contributed by atoms with van der Waals surface area (Å²) >= 11 is 0. The number of aliphatic hydroxyl groups excluding tert-OH is 1. The molecular formula is C10H15NO3. The van der Waals surface area contributed by atoms with E-state index < -0.39 is 0 Å². The smallest absolute Gasteiger partial charge is 0.227 e. The van der Waals surface area contributed by atoms with E-state index >= 15 is 0 Å². The summed E-state index contributed by atoms with van der Waals surface area (Å²) in [4.78, 5) is 24.2. The maximum atomic E-state index is 11.5. The van der Waals surface area contributed by atoms with E-state index in [4.69, 9.17) is 0 Å². The topological polar surface area (TPSA) is 57.6 Å². The number of allylic oxidation sites excluding steroid dienone is 1. The molecule has 1 saturated heterocycles. The summed E-state index contributed by atoms with van der Waals surface area (Å²) in [6, 6.07) is 0. The average Bonchev–Trinajstić information content (AvgIpc) is 2.10. The van der Waals surface area contributed by atoms with Gasteiger partial charge in [-0.25, -0.2) is 0 Å². The normalized spacial score (nSPS) is 21.9. The maximum absolute atomic E-state index is 11.5.